The van der Waals surface area contributed by atoms with Gasteiger partial charge in [-0.1, -0.05) is 12.1 Å². The van der Waals surface area contributed by atoms with Crippen LogP contribution in [0.4, 0.5) is 4.39 Å². The molecule has 1 atom stereocenters. The smallest absolute Gasteiger partial charge is 0.169 e. The summed E-state index contributed by atoms with van der Waals surface area (Å²) in [6, 6.07) is 7.07. The van der Waals surface area contributed by atoms with Crippen molar-refractivity contribution in [2.75, 3.05) is 20.2 Å². The van der Waals surface area contributed by atoms with Gasteiger partial charge < -0.3 is 20.1 Å². The molecule has 2 heterocycles. The van der Waals surface area contributed by atoms with Gasteiger partial charge in [-0.3, -0.25) is 4.98 Å². The van der Waals surface area contributed by atoms with E-state index in [-0.39, 0.29) is 17.7 Å². The number of hydrogen-bond acceptors (Lipinski definition) is 5. The van der Waals surface area contributed by atoms with Crippen molar-refractivity contribution >= 4 is 0 Å². The van der Waals surface area contributed by atoms with Gasteiger partial charge >= 0.3 is 0 Å². The monoisotopic (exact) mass is 331 g/mol. The third kappa shape index (κ3) is 4.01. The molecule has 5 nitrogen and oxygen atoms in total. The average Bonchev–Trinajstić information content (AvgIpc) is 3.11. The molecule has 128 valence electrons. The van der Waals surface area contributed by atoms with Gasteiger partial charge in [0.2, 0.25) is 0 Å². The van der Waals surface area contributed by atoms with Crippen LogP contribution in [-0.2, 0) is 13.1 Å². The molecule has 0 amide bonds. The van der Waals surface area contributed by atoms with Crippen molar-refractivity contribution < 1.29 is 13.9 Å². The lowest BCUT2D eigenvalue weighted by molar-refractivity contribution is 0.219. The van der Waals surface area contributed by atoms with Crippen LogP contribution in [0.3, 0.4) is 0 Å². The Labute approximate surface area is 141 Å². The zero-order valence-electron chi connectivity index (χ0n) is 13.7. The van der Waals surface area contributed by atoms with Crippen molar-refractivity contribution in [2.45, 2.75) is 25.6 Å². The van der Waals surface area contributed by atoms with E-state index >= 15 is 0 Å². The Morgan fingerprint density at radius 2 is 2.12 bits per heavy atom. The van der Waals surface area contributed by atoms with Crippen LogP contribution in [-0.4, -0.2) is 31.3 Å². The third-order valence-electron chi connectivity index (χ3n) is 4.07. The SMILES string of the molecule is COc1cccc(CNCc2ccncc2O[C@H]2CCNC2)c1F. The fourth-order valence-electron chi connectivity index (χ4n) is 2.75. The number of ether oxygens (including phenoxy) is 2. The van der Waals surface area contributed by atoms with Crippen LogP contribution in [0.2, 0.25) is 0 Å². The minimum absolute atomic E-state index is 0.184. The topological polar surface area (TPSA) is 55.4 Å². The molecular formula is C18H22FN3O2. The number of pyridine rings is 1. The second-order valence-corrected chi connectivity index (χ2v) is 5.75. The number of nitrogens with zero attached hydrogens (tertiary/aromatic N) is 1. The Balaban J connectivity index is 1.60. The van der Waals surface area contributed by atoms with Crippen LogP contribution in [0.1, 0.15) is 17.5 Å². The number of hydrogen-bond donors (Lipinski definition) is 2. The zero-order valence-corrected chi connectivity index (χ0v) is 13.7. The van der Waals surface area contributed by atoms with Gasteiger partial charge in [-0.2, -0.15) is 0 Å². The Morgan fingerprint density at radius 3 is 2.92 bits per heavy atom. The van der Waals surface area contributed by atoms with E-state index < -0.39 is 0 Å². The van der Waals surface area contributed by atoms with E-state index in [4.69, 9.17) is 9.47 Å². The van der Waals surface area contributed by atoms with Crippen molar-refractivity contribution in [3.05, 3.63) is 53.6 Å². The lowest BCUT2D eigenvalue weighted by atomic mass is 10.2. The first-order valence-corrected chi connectivity index (χ1v) is 8.10. The molecule has 1 fully saturated rings. The summed E-state index contributed by atoms with van der Waals surface area (Å²) in [5, 5.41) is 6.54. The summed E-state index contributed by atoms with van der Waals surface area (Å²) in [6.45, 7) is 2.83. The van der Waals surface area contributed by atoms with E-state index in [1.165, 1.54) is 7.11 Å². The molecule has 1 aromatic heterocycles. The lowest BCUT2D eigenvalue weighted by Gasteiger charge is -2.16. The van der Waals surface area contributed by atoms with E-state index in [1.54, 1.807) is 30.6 Å². The van der Waals surface area contributed by atoms with Gasteiger partial charge in [0.1, 0.15) is 11.9 Å². The summed E-state index contributed by atoms with van der Waals surface area (Å²) in [5.74, 6) is 0.719. The highest BCUT2D eigenvalue weighted by Gasteiger charge is 2.17. The highest BCUT2D eigenvalue weighted by molar-refractivity contribution is 5.32. The van der Waals surface area contributed by atoms with Crippen LogP contribution in [0.15, 0.2) is 36.7 Å². The normalized spacial score (nSPS) is 17.0. The molecule has 2 aromatic rings. The molecule has 0 saturated carbocycles. The first-order chi connectivity index (χ1) is 11.8. The Hall–Kier alpha value is -2.18. The van der Waals surface area contributed by atoms with Gasteiger partial charge in [0, 0.05) is 37.0 Å². The minimum Gasteiger partial charge on any atom is -0.494 e. The number of aromatic nitrogens is 1. The van der Waals surface area contributed by atoms with Crippen LogP contribution in [0, 0.1) is 5.82 Å². The fraction of sp³-hybridized carbons (Fsp3) is 0.389. The maximum absolute atomic E-state index is 14.1. The summed E-state index contributed by atoms with van der Waals surface area (Å²) >= 11 is 0. The van der Waals surface area contributed by atoms with Crippen LogP contribution in [0.5, 0.6) is 11.5 Å². The zero-order chi connectivity index (χ0) is 16.8. The summed E-state index contributed by atoms with van der Waals surface area (Å²) in [5.41, 5.74) is 1.59. The molecule has 2 N–H and O–H groups in total. The maximum Gasteiger partial charge on any atom is 0.169 e. The van der Waals surface area contributed by atoms with E-state index in [0.717, 1.165) is 30.8 Å². The van der Waals surface area contributed by atoms with E-state index in [1.807, 2.05) is 6.07 Å². The standard InChI is InChI=1S/C18H22FN3O2/c1-23-16-4-2-3-14(18(16)19)10-22-9-13-5-7-21-12-17(13)24-15-6-8-20-11-15/h2-5,7,12,15,20,22H,6,8-11H2,1H3/t15-/m0/s1. The highest BCUT2D eigenvalue weighted by Crippen LogP contribution is 2.21. The molecule has 24 heavy (non-hydrogen) atoms. The van der Waals surface area contributed by atoms with Gasteiger partial charge in [0.25, 0.3) is 0 Å². The van der Waals surface area contributed by atoms with E-state index in [9.17, 15) is 4.39 Å². The number of benzene rings is 1. The van der Waals surface area contributed by atoms with E-state index in [0.29, 0.717) is 18.7 Å². The average molecular weight is 331 g/mol. The highest BCUT2D eigenvalue weighted by atomic mass is 19.1. The molecule has 0 spiro atoms. The molecule has 3 rings (SSSR count). The summed E-state index contributed by atoms with van der Waals surface area (Å²) in [6.07, 6.45) is 4.66. The molecular weight excluding hydrogens is 309 g/mol. The van der Waals surface area contributed by atoms with Gasteiger partial charge in [0.15, 0.2) is 11.6 Å². The molecule has 0 bridgehead atoms. The Bertz CT molecular complexity index is 675. The number of rotatable bonds is 7. The lowest BCUT2D eigenvalue weighted by Crippen LogP contribution is -2.21. The molecule has 0 unspecified atom stereocenters. The number of methoxy groups -OCH3 is 1. The van der Waals surface area contributed by atoms with E-state index in [2.05, 4.69) is 15.6 Å². The van der Waals surface area contributed by atoms with Gasteiger partial charge in [0.05, 0.1) is 13.3 Å². The van der Waals surface area contributed by atoms with Crippen molar-refractivity contribution in [3.8, 4) is 11.5 Å². The van der Waals surface area contributed by atoms with Gasteiger partial charge in [-0.05, 0) is 25.1 Å². The van der Waals surface area contributed by atoms with Gasteiger partial charge in [-0.15, -0.1) is 0 Å². The summed E-state index contributed by atoms with van der Waals surface area (Å²) < 4.78 is 25.2. The second kappa shape index (κ2) is 8.08. The van der Waals surface area contributed by atoms with Crippen molar-refractivity contribution in [1.82, 2.24) is 15.6 Å². The van der Waals surface area contributed by atoms with Crippen molar-refractivity contribution in [3.63, 3.8) is 0 Å². The minimum atomic E-state index is -0.323. The second-order valence-electron chi connectivity index (χ2n) is 5.75. The van der Waals surface area contributed by atoms with Crippen molar-refractivity contribution in [1.29, 1.82) is 0 Å². The summed E-state index contributed by atoms with van der Waals surface area (Å²) in [7, 11) is 1.47. The predicted octanol–water partition coefficient (Wildman–Crippen LogP) is 2.26. The number of halogens is 1. The first kappa shape index (κ1) is 16.7. The molecule has 1 aliphatic rings. The van der Waals surface area contributed by atoms with Crippen LogP contribution >= 0.6 is 0 Å². The number of nitrogens with one attached hydrogen (secondary N) is 2. The Morgan fingerprint density at radius 1 is 1.25 bits per heavy atom. The predicted molar refractivity (Wildman–Crippen MR) is 89.6 cm³/mol. The molecule has 0 aliphatic carbocycles. The van der Waals surface area contributed by atoms with Crippen LogP contribution < -0.4 is 20.1 Å². The molecule has 6 heteroatoms. The fourth-order valence-corrected chi connectivity index (χ4v) is 2.75. The Kier molecular flexibility index (Phi) is 5.61. The molecule has 1 aromatic carbocycles. The van der Waals surface area contributed by atoms with Crippen LogP contribution in [0.25, 0.3) is 0 Å². The molecule has 0 radical (unpaired) electrons. The third-order valence-corrected chi connectivity index (χ3v) is 4.07. The molecule has 1 saturated heterocycles. The quantitative estimate of drug-likeness (QED) is 0.815. The largest absolute Gasteiger partial charge is 0.494 e. The summed E-state index contributed by atoms with van der Waals surface area (Å²) in [4.78, 5) is 4.14. The first-order valence-electron chi connectivity index (χ1n) is 8.10. The van der Waals surface area contributed by atoms with Gasteiger partial charge in [-0.25, -0.2) is 4.39 Å². The van der Waals surface area contributed by atoms with Crippen molar-refractivity contribution in [2.24, 2.45) is 0 Å². The maximum atomic E-state index is 14.1. The molecule has 1 aliphatic heterocycles.